The summed E-state index contributed by atoms with van der Waals surface area (Å²) >= 11 is 0. The number of imide groups is 1. The molecule has 3 aromatic carbocycles. The molecular formula is C25H18N4O4. The second-order valence-electron chi connectivity index (χ2n) is 8.11. The number of nitriles is 1. The normalized spacial score (nSPS) is 17.5. The number of amides is 4. The summed E-state index contributed by atoms with van der Waals surface area (Å²) in [5, 5.41) is 15.9. The average Bonchev–Trinajstić information content (AvgIpc) is 3.13. The van der Waals surface area contributed by atoms with Gasteiger partial charge in [-0.2, -0.15) is 5.26 Å². The van der Waals surface area contributed by atoms with Gasteiger partial charge in [0.05, 0.1) is 11.6 Å². The lowest BCUT2D eigenvalue weighted by molar-refractivity contribution is -0.136. The smallest absolute Gasteiger partial charge is 0.255 e. The van der Waals surface area contributed by atoms with Gasteiger partial charge in [-0.1, -0.05) is 12.1 Å². The first-order valence-corrected chi connectivity index (χ1v) is 10.5. The molecule has 2 heterocycles. The summed E-state index contributed by atoms with van der Waals surface area (Å²) in [7, 11) is 0. The van der Waals surface area contributed by atoms with Gasteiger partial charge in [0.2, 0.25) is 11.8 Å². The predicted molar refractivity (Wildman–Crippen MR) is 119 cm³/mol. The first-order valence-electron chi connectivity index (χ1n) is 10.5. The third-order valence-electron chi connectivity index (χ3n) is 6.01. The Morgan fingerprint density at radius 1 is 1.03 bits per heavy atom. The second kappa shape index (κ2) is 7.88. The van der Waals surface area contributed by atoms with Crippen LogP contribution in [-0.2, 0) is 16.1 Å². The maximum atomic E-state index is 12.8. The maximum Gasteiger partial charge on any atom is 0.255 e. The predicted octanol–water partition coefficient (Wildman–Crippen LogP) is 2.72. The van der Waals surface area contributed by atoms with Gasteiger partial charge >= 0.3 is 0 Å². The van der Waals surface area contributed by atoms with E-state index in [0.717, 1.165) is 10.8 Å². The van der Waals surface area contributed by atoms with E-state index in [1.165, 1.54) is 4.90 Å². The minimum Gasteiger partial charge on any atom is -0.322 e. The van der Waals surface area contributed by atoms with Gasteiger partial charge in [0.1, 0.15) is 6.04 Å². The molecule has 8 nitrogen and oxygen atoms in total. The zero-order chi connectivity index (χ0) is 23.1. The summed E-state index contributed by atoms with van der Waals surface area (Å²) in [6, 6.07) is 17.0. The first-order chi connectivity index (χ1) is 15.9. The molecule has 1 atom stereocenters. The van der Waals surface area contributed by atoms with E-state index < -0.39 is 11.9 Å². The molecule has 5 rings (SSSR count). The minimum absolute atomic E-state index is 0.196. The van der Waals surface area contributed by atoms with Crippen molar-refractivity contribution in [2.24, 2.45) is 0 Å². The molecule has 1 unspecified atom stereocenters. The van der Waals surface area contributed by atoms with E-state index in [0.29, 0.717) is 34.4 Å². The molecule has 4 amide bonds. The number of hydrogen-bond acceptors (Lipinski definition) is 5. The van der Waals surface area contributed by atoms with Crippen LogP contribution in [0.25, 0.3) is 10.8 Å². The lowest BCUT2D eigenvalue weighted by Gasteiger charge is -2.29. The quantitative estimate of drug-likeness (QED) is 0.610. The SMILES string of the molecule is N#Cc1ccc2cc(C(=O)Nc3ccc4c(c3)CN(C3CCC(=O)NC3=O)C4=O)ccc2c1. The lowest BCUT2D eigenvalue weighted by Crippen LogP contribution is -2.52. The fourth-order valence-electron chi connectivity index (χ4n) is 4.31. The van der Waals surface area contributed by atoms with Gasteiger partial charge in [-0.3, -0.25) is 24.5 Å². The number of fused-ring (bicyclic) bond motifs is 2. The highest BCUT2D eigenvalue weighted by Crippen LogP contribution is 2.29. The van der Waals surface area contributed by atoms with Gasteiger partial charge in [0.25, 0.3) is 11.8 Å². The molecular weight excluding hydrogens is 420 g/mol. The lowest BCUT2D eigenvalue weighted by atomic mass is 10.0. The molecule has 2 N–H and O–H groups in total. The van der Waals surface area contributed by atoms with Crippen LogP contribution in [0.2, 0.25) is 0 Å². The molecule has 1 saturated heterocycles. The Bertz CT molecular complexity index is 1410. The largest absolute Gasteiger partial charge is 0.322 e. The highest BCUT2D eigenvalue weighted by molar-refractivity contribution is 6.08. The second-order valence-corrected chi connectivity index (χ2v) is 8.11. The van der Waals surface area contributed by atoms with Gasteiger partial charge in [0.15, 0.2) is 0 Å². The molecule has 0 radical (unpaired) electrons. The minimum atomic E-state index is -0.681. The van der Waals surface area contributed by atoms with E-state index in [1.54, 1.807) is 54.6 Å². The van der Waals surface area contributed by atoms with Crippen molar-refractivity contribution in [2.75, 3.05) is 5.32 Å². The summed E-state index contributed by atoms with van der Waals surface area (Å²) in [6.45, 7) is 0.237. The molecule has 0 bridgehead atoms. The Morgan fingerprint density at radius 2 is 1.82 bits per heavy atom. The van der Waals surface area contributed by atoms with Crippen LogP contribution < -0.4 is 10.6 Å². The molecule has 162 valence electrons. The molecule has 3 aromatic rings. The molecule has 1 fully saturated rings. The fraction of sp³-hybridized carbons (Fsp3) is 0.160. The van der Waals surface area contributed by atoms with Crippen molar-refractivity contribution < 1.29 is 19.2 Å². The van der Waals surface area contributed by atoms with Gasteiger partial charge in [0, 0.05) is 29.8 Å². The van der Waals surface area contributed by atoms with Crippen LogP contribution in [0.3, 0.4) is 0 Å². The van der Waals surface area contributed by atoms with E-state index in [1.807, 2.05) is 0 Å². The fourth-order valence-corrected chi connectivity index (χ4v) is 4.31. The number of nitrogens with one attached hydrogen (secondary N) is 2. The van der Waals surface area contributed by atoms with Gasteiger partial charge < -0.3 is 10.2 Å². The van der Waals surface area contributed by atoms with Crippen molar-refractivity contribution in [3.8, 4) is 6.07 Å². The van der Waals surface area contributed by atoms with Crippen LogP contribution in [0.1, 0.15) is 44.7 Å². The van der Waals surface area contributed by atoms with Crippen LogP contribution in [0, 0.1) is 11.3 Å². The van der Waals surface area contributed by atoms with E-state index in [-0.39, 0.29) is 30.7 Å². The van der Waals surface area contributed by atoms with E-state index in [9.17, 15) is 19.2 Å². The number of anilines is 1. The first kappa shape index (κ1) is 20.4. The van der Waals surface area contributed by atoms with Gasteiger partial charge in [-0.25, -0.2) is 0 Å². The van der Waals surface area contributed by atoms with Crippen LogP contribution in [0.15, 0.2) is 54.6 Å². The van der Waals surface area contributed by atoms with E-state index >= 15 is 0 Å². The number of rotatable bonds is 3. The van der Waals surface area contributed by atoms with Gasteiger partial charge in [-0.15, -0.1) is 0 Å². The Morgan fingerprint density at radius 3 is 2.61 bits per heavy atom. The number of benzene rings is 3. The van der Waals surface area contributed by atoms with Gasteiger partial charge in [-0.05, 0) is 65.2 Å². The van der Waals surface area contributed by atoms with Crippen molar-refractivity contribution in [3.63, 3.8) is 0 Å². The Labute approximate surface area is 188 Å². The molecule has 0 aromatic heterocycles. The molecule has 8 heteroatoms. The average molecular weight is 438 g/mol. The Kier molecular flexibility index (Phi) is 4.87. The third kappa shape index (κ3) is 3.70. The molecule has 0 saturated carbocycles. The number of hydrogen-bond donors (Lipinski definition) is 2. The maximum absolute atomic E-state index is 12.8. The number of nitrogens with zero attached hydrogens (tertiary/aromatic N) is 2. The van der Waals surface area contributed by atoms with Crippen LogP contribution >= 0.6 is 0 Å². The monoisotopic (exact) mass is 438 g/mol. The molecule has 0 aliphatic carbocycles. The van der Waals surface area contributed by atoms with Crippen molar-refractivity contribution in [1.29, 1.82) is 5.26 Å². The van der Waals surface area contributed by atoms with Crippen molar-refractivity contribution in [1.82, 2.24) is 10.2 Å². The molecule has 2 aliphatic heterocycles. The van der Waals surface area contributed by atoms with E-state index in [2.05, 4.69) is 16.7 Å². The summed E-state index contributed by atoms with van der Waals surface area (Å²) in [4.78, 5) is 50.7. The number of piperidine rings is 1. The summed E-state index contributed by atoms with van der Waals surface area (Å²) in [6.07, 6.45) is 0.493. The number of carbonyl (C=O) groups excluding carboxylic acids is 4. The highest BCUT2D eigenvalue weighted by Gasteiger charge is 2.39. The van der Waals surface area contributed by atoms with Crippen molar-refractivity contribution >= 4 is 40.1 Å². The highest BCUT2D eigenvalue weighted by atomic mass is 16.2. The summed E-state index contributed by atoms with van der Waals surface area (Å²) < 4.78 is 0. The zero-order valence-electron chi connectivity index (χ0n) is 17.4. The van der Waals surface area contributed by atoms with Crippen molar-refractivity contribution in [3.05, 3.63) is 76.9 Å². The summed E-state index contributed by atoms with van der Waals surface area (Å²) in [5.74, 6) is -1.35. The summed E-state index contributed by atoms with van der Waals surface area (Å²) in [5.41, 5.74) is 2.76. The molecule has 2 aliphatic rings. The standard InChI is InChI=1S/C25H18N4O4/c26-12-14-1-2-16-10-17(4-3-15(16)9-14)23(31)27-19-5-6-20-18(11-19)13-29(25(20)33)21-7-8-22(30)28-24(21)32/h1-6,9-11,21H,7-8,13H2,(H,27,31)(H,28,30,32). The topological polar surface area (TPSA) is 119 Å². The number of carbonyl (C=O) groups is 4. The van der Waals surface area contributed by atoms with E-state index in [4.69, 9.17) is 5.26 Å². The van der Waals surface area contributed by atoms with Crippen LogP contribution in [-0.4, -0.2) is 34.6 Å². The van der Waals surface area contributed by atoms with Crippen LogP contribution in [0.4, 0.5) is 5.69 Å². The zero-order valence-corrected chi connectivity index (χ0v) is 17.4. The van der Waals surface area contributed by atoms with Crippen LogP contribution in [0.5, 0.6) is 0 Å². The third-order valence-corrected chi connectivity index (χ3v) is 6.01. The Hall–Kier alpha value is -4.51. The van der Waals surface area contributed by atoms with Crippen molar-refractivity contribution in [2.45, 2.75) is 25.4 Å². The Balaban J connectivity index is 1.34. The molecule has 33 heavy (non-hydrogen) atoms. The molecule has 0 spiro atoms.